The number of aromatic nitrogens is 1. The van der Waals surface area contributed by atoms with E-state index in [-0.39, 0.29) is 6.20 Å². The molecule has 0 aliphatic carbocycles. The summed E-state index contributed by atoms with van der Waals surface area (Å²) in [5, 5.41) is 8.79. The Balaban J connectivity index is 3.47. The van der Waals surface area contributed by atoms with Crippen LogP contribution in [0.3, 0.4) is 0 Å². The second-order valence-electron chi connectivity index (χ2n) is 2.58. The lowest BCUT2D eigenvalue weighted by atomic mass is 10.4. The zero-order valence-electron chi connectivity index (χ0n) is 7.49. The Kier molecular flexibility index (Phi) is 3.39. The molecular weight excluding hydrogens is 294 g/mol. The van der Waals surface area contributed by atoms with Crippen molar-refractivity contribution in [1.82, 2.24) is 4.98 Å². The fourth-order valence-electron chi connectivity index (χ4n) is 0.839. The van der Waals surface area contributed by atoms with E-state index in [4.69, 9.17) is 15.8 Å². The maximum Gasteiger partial charge on any atom is 0.574 e. The maximum absolute atomic E-state index is 13.1. The lowest BCUT2D eigenvalue weighted by Crippen LogP contribution is -2.19. The lowest BCUT2D eigenvalue weighted by molar-refractivity contribution is -0.277. The highest BCUT2D eigenvalue weighted by Crippen LogP contribution is 2.34. The topological polar surface area (TPSA) is 76.5 Å². The van der Waals surface area contributed by atoms with Crippen LogP contribution in [0, 0.1) is 5.82 Å². The fraction of sp³-hybridized carbons (Fsp3) is 0.167. The summed E-state index contributed by atoms with van der Waals surface area (Å²) in [6, 6.07) is 0. The minimum atomic E-state index is -5.28. The van der Waals surface area contributed by atoms with Crippen LogP contribution < -0.4 is 4.74 Å². The van der Waals surface area contributed by atoms with Crippen LogP contribution in [0.2, 0.25) is 0 Å². The van der Waals surface area contributed by atoms with Crippen LogP contribution in [0.1, 0.15) is 0 Å². The Morgan fingerprint density at radius 1 is 1.41 bits per heavy atom. The predicted octanol–water partition coefficient (Wildman–Crippen LogP) is 1.75. The van der Waals surface area contributed by atoms with E-state index in [0.29, 0.717) is 0 Å². The SMILES string of the molecule is O=S(=O)(Cl)c1c(OC(F)(F)F)ncc(O)c1F. The summed E-state index contributed by atoms with van der Waals surface area (Å²) in [5.41, 5.74) is 0. The molecule has 96 valence electrons. The van der Waals surface area contributed by atoms with Gasteiger partial charge in [0.15, 0.2) is 16.5 Å². The van der Waals surface area contributed by atoms with Gasteiger partial charge in [-0.05, 0) is 0 Å². The van der Waals surface area contributed by atoms with Crippen molar-refractivity contribution in [1.29, 1.82) is 0 Å². The van der Waals surface area contributed by atoms with E-state index in [0.717, 1.165) is 0 Å². The Hall–Kier alpha value is -1.29. The number of hydrogen-bond acceptors (Lipinski definition) is 5. The number of rotatable bonds is 2. The van der Waals surface area contributed by atoms with E-state index in [2.05, 4.69) is 9.72 Å². The molecule has 0 aliphatic rings. The summed E-state index contributed by atoms with van der Waals surface area (Å²) in [6.07, 6.45) is -5.03. The number of alkyl halides is 3. The highest BCUT2D eigenvalue weighted by molar-refractivity contribution is 8.13. The first-order valence-corrected chi connectivity index (χ1v) is 5.91. The molecule has 0 bridgehead atoms. The monoisotopic (exact) mass is 295 g/mol. The molecule has 5 nitrogen and oxygen atoms in total. The first-order chi connectivity index (χ1) is 7.52. The van der Waals surface area contributed by atoms with Gasteiger partial charge in [0.25, 0.3) is 9.05 Å². The van der Waals surface area contributed by atoms with Gasteiger partial charge >= 0.3 is 6.36 Å². The summed E-state index contributed by atoms with van der Waals surface area (Å²) in [5.74, 6) is -4.77. The van der Waals surface area contributed by atoms with Crippen LogP contribution in [0.25, 0.3) is 0 Å². The summed E-state index contributed by atoms with van der Waals surface area (Å²) in [6.45, 7) is 0. The third-order valence-electron chi connectivity index (χ3n) is 1.38. The van der Waals surface area contributed by atoms with Crippen LogP contribution in [0.5, 0.6) is 11.6 Å². The molecule has 0 radical (unpaired) electrons. The summed E-state index contributed by atoms with van der Waals surface area (Å²) < 4.78 is 73.6. The molecule has 1 heterocycles. The van der Waals surface area contributed by atoms with Crippen molar-refractivity contribution in [2.75, 3.05) is 0 Å². The van der Waals surface area contributed by atoms with Crippen molar-refractivity contribution in [3.8, 4) is 11.6 Å². The molecule has 1 aromatic rings. The van der Waals surface area contributed by atoms with Gasteiger partial charge in [-0.3, -0.25) is 0 Å². The molecular formula is C6H2ClF4NO4S. The zero-order chi connectivity index (χ0) is 13.4. The molecule has 0 aromatic carbocycles. The van der Waals surface area contributed by atoms with Gasteiger partial charge in [0, 0.05) is 10.7 Å². The highest BCUT2D eigenvalue weighted by atomic mass is 35.7. The van der Waals surface area contributed by atoms with Crippen molar-refractivity contribution < 1.29 is 35.8 Å². The molecule has 11 heteroatoms. The number of aromatic hydroxyl groups is 1. The second kappa shape index (κ2) is 4.18. The molecule has 0 saturated heterocycles. The minimum Gasteiger partial charge on any atom is -0.504 e. The number of nitrogens with zero attached hydrogens (tertiary/aromatic N) is 1. The van der Waals surface area contributed by atoms with E-state index < -0.39 is 37.8 Å². The van der Waals surface area contributed by atoms with E-state index in [1.54, 1.807) is 0 Å². The zero-order valence-corrected chi connectivity index (χ0v) is 9.07. The first-order valence-electron chi connectivity index (χ1n) is 3.60. The predicted molar refractivity (Wildman–Crippen MR) is 45.6 cm³/mol. The summed E-state index contributed by atoms with van der Waals surface area (Å²) in [7, 11) is -0.206. The largest absolute Gasteiger partial charge is 0.574 e. The third-order valence-corrected chi connectivity index (χ3v) is 2.68. The molecule has 0 unspecified atom stereocenters. The normalized spacial score (nSPS) is 12.5. The molecule has 0 fully saturated rings. The van der Waals surface area contributed by atoms with Gasteiger partial charge in [-0.2, -0.15) is 0 Å². The van der Waals surface area contributed by atoms with Crippen LogP contribution in [-0.4, -0.2) is 24.9 Å². The van der Waals surface area contributed by atoms with Crippen LogP contribution in [0.4, 0.5) is 17.6 Å². The number of pyridine rings is 1. The number of hydrogen-bond donors (Lipinski definition) is 1. The van der Waals surface area contributed by atoms with Gasteiger partial charge in [0.05, 0.1) is 6.20 Å². The van der Waals surface area contributed by atoms with Crippen LogP contribution >= 0.6 is 10.7 Å². The van der Waals surface area contributed by atoms with E-state index in [1.807, 2.05) is 0 Å². The lowest BCUT2D eigenvalue weighted by Gasteiger charge is -2.11. The molecule has 0 spiro atoms. The smallest absolute Gasteiger partial charge is 0.504 e. The standard InChI is InChI=1S/C6H2ClF4NO4S/c7-17(14,15)4-3(8)2(13)1-12-5(4)16-6(9,10)11/h1,13H. The number of ether oxygens (including phenoxy) is 1. The molecule has 17 heavy (non-hydrogen) atoms. The van der Waals surface area contributed by atoms with Gasteiger partial charge in [-0.25, -0.2) is 17.8 Å². The van der Waals surface area contributed by atoms with Crippen LogP contribution in [-0.2, 0) is 9.05 Å². The third kappa shape index (κ3) is 3.33. The van der Waals surface area contributed by atoms with Crippen molar-refractivity contribution in [3.63, 3.8) is 0 Å². The quantitative estimate of drug-likeness (QED) is 0.664. The number of halogens is 5. The van der Waals surface area contributed by atoms with Gasteiger partial charge in [0.2, 0.25) is 5.88 Å². The van der Waals surface area contributed by atoms with Crippen LogP contribution in [0.15, 0.2) is 11.1 Å². The fourth-order valence-corrected chi connectivity index (χ4v) is 1.86. The molecule has 1 N–H and O–H groups in total. The molecule has 0 amide bonds. The van der Waals surface area contributed by atoms with E-state index in [1.165, 1.54) is 0 Å². The van der Waals surface area contributed by atoms with Gasteiger partial charge in [0.1, 0.15) is 0 Å². The highest BCUT2D eigenvalue weighted by Gasteiger charge is 2.37. The summed E-state index contributed by atoms with van der Waals surface area (Å²) >= 11 is 0. The maximum atomic E-state index is 13.1. The van der Waals surface area contributed by atoms with Gasteiger partial charge < -0.3 is 9.84 Å². The Morgan fingerprint density at radius 2 is 1.94 bits per heavy atom. The second-order valence-corrected chi connectivity index (χ2v) is 5.08. The Bertz CT molecular complexity index is 544. The van der Waals surface area contributed by atoms with Gasteiger partial charge in [-0.15, -0.1) is 13.2 Å². The van der Waals surface area contributed by atoms with Gasteiger partial charge in [-0.1, -0.05) is 0 Å². The van der Waals surface area contributed by atoms with Crippen molar-refractivity contribution >= 4 is 19.7 Å². The van der Waals surface area contributed by atoms with Crippen molar-refractivity contribution in [2.24, 2.45) is 0 Å². The molecule has 1 rings (SSSR count). The van der Waals surface area contributed by atoms with Crippen molar-refractivity contribution in [2.45, 2.75) is 11.3 Å². The average molecular weight is 296 g/mol. The minimum absolute atomic E-state index is 0.252. The molecule has 1 aromatic heterocycles. The Morgan fingerprint density at radius 3 is 2.35 bits per heavy atom. The molecule has 0 saturated carbocycles. The van der Waals surface area contributed by atoms with E-state index in [9.17, 15) is 26.0 Å². The summed E-state index contributed by atoms with van der Waals surface area (Å²) in [4.78, 5) is 1.11. The first kappa shape index (κ1) is 13.8. The average Bonchev–Trinajstić information content (AvgIpc) is 2.06. The molecule has 0 aliphatic heterocycles. The van der Waals surface area contributed by atoms with E-state index >= 15 is 0 Å². The van der Waals surface area contributed by atoms with Crippen molar-refractivity contribution in [3.05, 3.63) is 12.0 Å². The molecule has 0 atom stereocenters. The Labute approximate surface area is 96.0 Å².